The van der Waals surface area contributed by atoms with Gasteiger partial charge in [-0.2, -0.15) is 0 Å². The molecule has 0 atom stereocenters. The minimum absolute atomic E-state index is 0.154. The number of nitrogens with one attached hydrogen (secondary N) is 1. The van der Waals surface area contributed by atoms with Gasteiger partial charge in [-0.15, -0.1) is 11.3 Å². The lowest BCUT2D eigenvalue weighted by Gasteiger charge is -2.14. The summed E-state index contributed by atoms with van der Waals surface area (Å²) in [5.41, 5.74) is 5.35. The van der Waals surface area contributed by atoms with Gasteiger partial charge in [-0.1, -0.05) is 38.5 Å². The highest BCUT2D eigenvalue weighted by molar-refractivity contribution is 7.12. The van der Waals surface area contributed by atoms with E-state index in [1.165, 1.54) is 0 Å². The molecular weight excluding hydrogens is 268 g/mol. The Morgan fingerprint density at radius 2 is 2.05 bits per heavy atom. The summed E-state index contributed by atoms with van der Waals surface area (Å²) in [6, 6.07) is 3.99. The van der Waals surface area contributed by atoms with Crippen molar-refractivity contribution in [3.05, 3.63) is 21.9 Å². The zero-order valence-corrected chi connectivity index (χ0v) is 13.2. The molecule has 110 valence electrons. The Balaban J connectivity index is 2.48. The first-order chi connectivity index (χ1) is 9.71. The summed E-state index contributed by atoms with van der Waals surface area (Å²) in [6.45, 7) is 5.21. The van der Waals surface area contributed by atoms with Crippen molar-refractivity contribution in [1.29, 1.82) is 0 Å². The third-order valence-corrected chi connectivity index (χ3v) is 4.06. The Labute approximate surface area is 126 Å². The Hall–Kier alpha value is -1.31. The number of hydrogen-bond acceptors (Lipinski definition) is 3. The molecule has 0 saturated heterocycles. The van der Waals surface area contributed by atoms with Crippen LogP contribution >= 0.6 is 11.3 Å². The zero-order chi connectivity index (χ0) is 14.8. The van der Waals surface area contributed by atoms with Crippen LogP contribution in [0.3, 0.4) is 0 Å². The van der Waals surface area contributed by atoms with E-state index in [0.29, 0.717) is 13.1 Å². The Morgan fingerprint density at radius 3 is 2.65 bits per heavy atom. The van der Waals surface area contributed by atoms with Crippen molar-refractivity contribution in [3.63, 3.8) is 0 Å². The van der Waals surface area contributed by atoms with Gasteiger partial charge in [0.05, 0.1) is 18.0 Å². The van der Waals surface area contributed by atoms with Crippen molar-refractivity contribution in [2.45, 2.75) is 46.1 Å². The molecule has 1 aromatic rings. The third-order valence-electron chi connectivity index (χ3n) is 3.06. The first kappa shape index (κ1) is 16.7. The minimum atomic E-state index is 0.154. The zero-order valence-electron chi connectivity index (χ0n) is 12.4. The molecule has 0 saturated carbocycles. The average Bonchev–Trinajstić information content (AvgIpc) is 2.90. The van der Waals surface area contributed by atoms with Gasteiger partial charge in [0.1, 0.15) is 0 Å². The van der Waals surface area contributed by atoms with E-state index < -0.39 is 0 Å². The largest absolute Gasteiger partial charge is 0.351 e. The maximum atomic E-state index is 12.1. The van der Waals surface area contributed by atoms with Gasteiger partial charge in [0.15, 0.2) is 0 Å². The van der Waals surface area contributed by atoms with Crippen LogP contribution in [0.1, 0.15) is 49.3 Å². The Bertz CT molecular complexity index is 464. The van der Waals surface area contributed by atoms with Gasteiger partial charge in [-0.3, -0.25) is 4.79 Å². The monoisotopic (exact) mass is 292 g/mol. The molecule has 0 bridgehead atoms. The van der Waals surface area contributed by atoms with E-state index in [1.807, 2.05) is 12.1 Å². The fourth-order valence-electron chi connectivity index (χ4n) is 2.10. The molecule has 0 aliphatic heterocycles. The van der Waals surface area contributed by atoms with Crippen molar-refractivity contribution in [3.8, 4) is 11.8 Å². The molecule has 4 heteroatoms. The maximum Gasteiger partial charge on any atom is 0.223 e. The van der Waals surface area contributed by atoms with Crippen LogP contribution in [-0.4, -0.2) is 12.5 Å². The molecule has 0 spiro atoms. The summed E-state index contributed by atoms with van der Waals surface area (Å²) in [5.74, 6) is 6.17. The molecule has 1 rings (SSSR count). The Kier molecular flexibility index (Phi) is 8.01. The second-order valence-corrected chi connectivity index (χ2v) is 5.93. The van der Waals surface area contributed by atoms with Crippen molar-refractivity contribution in [2.75, 3.05) is 6.54 Å². The average molecular weight is 292 g/mol. The van der Waals surface area contributed by atoms with Crippen LogP contribution in [0.25, 0.3) is 0 Å². The van der Waals surface area contributed by atoms with E-state index in [1.54, 1.807) is 11.3 Å². The summed E-state index contributed by atoms with van der Waals surface area (Å²) >= 11 is 1.61. The second kappa shape index (κ2) is 9.57. The van der Waals surface area contributed by atoms with Gasteiger partial charge < -0.3 is 11.1 Å². The fourth-order valence-corrected chi connectivity index (χ4v) is 2.92. The summed E-state index contributed by atoms with van der Waals surface area (Å²) in [6.07, 6.45) is 4.04. The maximum absolute atomic E-state index is 12.1. The molecule has 0 aliphatic carbocycles. The number of rotatable bonds is 7. The van der Waals surface area contributed by atoms with Crippen molar-refractivity contribution in [2.24, 2.45) is 11.7 Å². The number of hydrogen-bond donors (Lipinski definition) is 2. The summed E-state index contributed by atoms with van der Waals surface area (Å²) in [5, 5.41) is 3.04. The van der Waals surface area contributed by atoms with Crippen molar-refractivity contribution >= 4 is 17.2 Å². The lowest BCUT2D eigenvalue weighted by molar-refractivity contribution is -0.125. The molecule has 0 radical (unpaired) electrons. The molecule has 0 aliphatic rings. The molecule has 3 N–H and O–H groups in total. The van der Waals surface area contributed by atoms with Gasteiger partial charge in [-0.05, 0) is 25.0 Å². The third kappa shape index (κ3) is 5.77. The quantitative estimate of drug-likeness (QED) is 0.759. The molecule has 0 aromatic carbocycles. The van der Waals surface area contributed by atoms with E-state index in [-0.39, 0.29) is 11.8 Å². The number of nitrogens with two attached hydrogens (primary N) is 1. The van der Waals surface area contributed by atoms with E-state index >= 15 is 0 Å². The molecular formula is C16H24N2OS. The van der Waals surface area contributed by atoms with Crippen LogP contribution < -0.4 is 11.1 Å². The summed E-state index contributed by atoms with van der Waals surface area (Å²) in [4.78, 5) is 14.3. The lowest BCUT2D eigenvalue weighted by atomic mass is 9.97. The van der Waals surface area contributed by atoms with Gasteiger partial charge in [0, 0.05) is 10.8 Å². The number of thiophene rings is 1. The molecule has 0 unspecified atom stereocenters. The predicted octanol–water partition coefficient (Wildman–Crippen LogP) is 2.89. The topological polar surface area (TPSA) is 55.1 Å². The molecule has 1 aromatic heterocycles. The van der Waals surface area contributed by atoms with Crippen LogP contribution in [0, 0.1) is 17.8 Å². The number of carbonyl (C=O) groups is 1. The highest BCUT2D eigenvalue weighted by Crippen LogP contribution is 2.17. The van der Waals surface area contributed by atoms with Crippen LogP contribution in [-0.2, 0) is 11.3 Å². The van der Waals surface area contributed by atoms with Gasteiger partial charge in [0.25, 0.3) is 0 Å². The van der Waals surface area contributed by atoms with E-state index in [9.17, 15) is 4.79 Å². The second-order valence-electron chi connectivity index (χ2n) is 4.76. The van der Waals surface area contributed by atoms with Crippen LogP contribution in [0.15, 0.2) is 12.1 Å². The first-order valence-corrected chi connectivity index (χ1v) is 8.08. The molecule has 20 heavy (non-hydrogen) atoms. The van der Waals surface area contributed by atoms with Gasteiger partial charge in [0.2, 0.25) is 5.91 Å². The van der Waals surface area contributed by atoms with Gasteiger partial charge in [-0.25, -0.2) is 0 Å². The summed E-state index contributed by atoms with van der Waals surface area (Å²) < 4.78 is 0. The molecule has 3 nitrogen and oxygen atoms in total. The molecule has 0 fully saturated rings. The molecule has 1 heterocycles. The van der Waals surface area contributed by atoms with E-state index in [2.05, 4.69) is 31.0 Å². The lowest BCUT2D eigenvalue weighted by Crippen LogP contribution is -2.30. The summed E-state index contributed by atoms with van der Waals surface area (Å²) in [7, 11) is 0. The number of amides is 1. The van der Waals surface area contributed by atoms with Crippen molar-refractivity contribution < 1.29 is 4.79 Å². The van der Waals surface area contributed by atoms with E-state index in [4.69, 9.17) is 5.73 Å². The number of carbonyl (C=O) groups excluding carboxylic acids is 1. The SMILES string of the molecule is CCCC(CCC)C(=O)NCc1ccc(C#CCN)s1. The normalized spacial score (nSPS) is 10.2. The fraction of sp³-hybridized carbons (Fsp3) is 0.562. The minimum Gasteiger partial charge on any atom is -0.351 e. The highest BCUT2D eigenvalue weighted by Gasteiger charge is 2.16. The van der Waals surface area contributed by atoms with E-state index in [0.717, 1.165) is 35.4 Å². The van der Waals surface area contributed by atoms with Crippen LogP contribution in [0.4, 0.5) is 0 Å². The first-order valence-electron chi connectivity index (χ1n) is 7.26. The standard InChI is InChI=1S/C16H24N2OS/c1-3-6-13(7-4-2)16(19)18-12-15-10-9-14(20-15)8-5-11-17/h9-10,13H,3-4,6-7,11-12,17H2,1-2H3,(H,18,19). The van der Waals surface area contributed by atoms with Gasteiger partial charge >= 0.3 is 0 Å². The predicted molar refractivity (Wildman–Crippen MR) is 85.4 cm³/mol. The van der Waals surface area contributed by atoms with Crippen LogP contribution in [0.2, 0.25) is 0 Å². The highest BCUT2D eigenvalue weighted by atomic mass is 32.1. The van der Waals surface area contributed by atoms with Crippen molar-refractivity contribution in [1.82, 2.24) is 5.32 Å². The Morgan fingerprint density at radius 1 is 1.35 bits per heavy atom. The van der Waals surface area contributed by atoms with Crippen LogP contribution in [0.5, 0.6) is 0 Å². The smallest absolute Gasteiger partial charge is 0.223 e. The molecule has 1 amide bonds.